The van der Waals surface area contributed by atoms with Crippen LogP contribution in [0, 0.1) is 0 Å². The zero-order valence-corrected chi connectivity index (χ0v) is 15.3. The van der Waals surface area contributed by atoms with Crippen molar-refractivity contribution in [2.45, 2.75) is 0 Å². The maximum atomic E-state index is 12.6. The molecular formula is C21H15ClN2OS. The second-order valence-corrected chi connectivity index (χ2v) is 7.19. The molecule has 1 amide bonds. The van der Waals surface area contributed by atoms with Crippen molar-refractivity contribution >= 4 is 56.0 Å². The van der Waals surface area contributed by atoms with Gasteiger partial charge >= 0.3 is 0 Å². The number of carbonyl (C=O) groups is 1. The number of rotatable bonds is 4. The van der Waals surface area contributed by atoms with Gasteiger partial charge in [-0.1, -0.05) is 48.0 Å². The summed E-state index contributed by atoms with van der Waals surface area (Å²) >= 11 is 7.77. The number of halogens is 1. The molecule has 1 aromatic heterocycles. The summed E-state index contributed by atoms with van der Waals surface area (Å²) in [4.78, 5) is 13.1. The summed E-state index contributed by atoms with van der Waals surface area (Å²) in [5.74, 6) is -0.194. The summed E-state index contributed by atoms with van der Waals surface area (Å²) in [7, 11) is 0. The first-order chi connectivity index (χ1) is 12.7. The zero-order chi connectivity index (χ0) is 17.9. The molecule has 0 spiro atoms. The van der Waals surface area contributed by atoms with Crippen molar-refractivity contribution in [3.63, 3.8) is 0 Å². The van der Waals surface area contributed by atoms with Crippen LogP contribution in [0.5, 0.6) is 0 Å². The third kappa shape index (κ3) is 3.43. The Kier molecular flexibility index (Phi) is 4.61. The normalized spacial score (nSPS) is 10.7. The Morgan fingerprint density at radius 3 is 2.12 bits per heavy atom. The average Bonchev–Trinajstić information content (AvgIpc) is 3.01. The van der Waals surface area contributed by atoms with E-state index >= 15 is 0 Å². The molecule has 0 radical (unpaired) electrons. The Labute approximate surface area is 160 Å². The Bertz CT molecular complexity index is 1060. The van der Waals surface area contributed by atoms with Crippen molar-refractivity contribution in [2.75, 3.05) is 10.6 Å². The number of nitrogens with one attached hydrogen (secondary N) is 2. The second kappa shape index (κ2) is 7.20. The Hall–Kier alpha value is -2.82. The van der Waals surface area contributed by atoms with Crippen molar-refractivity contribution in [3.05, 3.63) is 88.8 Å². The second-order valence-electron chi connectivity index (χ2n) is 5.76. The molecular weight excluding hydrogens is 364 g/mol. The van der Waals surface area contributed by atoms with Gasteiger partial charge in [0.25, 0.3) is 5.91 Å². The van der Waals surface area contributed by atoms with Crippen LogP contribution in [0.2, 0.25) is 5.02 Å². The Balaban J connectivity index is 1.49. The van der Waals surface area contributed by atoms with Gasteiger partial charge in [0.1, 0.15) is 4.88 Å². The minimum Gasteiger partial charge on any atom is -0.356 e. The molecule has 4 aromatic rings. The molecule has 4 rings (SSSR count). The lowest BCUT2D eigenvalue weighted by Gasteiger charge is -2.08. The SMILES string of the molecule is O=C(Nc1ccc(Nc2ccccc2)cc1)c1sc2ccccc2c1Cl. The topological polar surface area (TPSA) is 41.1 Å². The average molecular weight is 379 g/mol. The van der Waals surface area contributed by atoms with Gasteiger partial charge in [0.05, 0.1) is 5.02 Å². The zero-order valence-electron chi connectivity index (χ0n) is 13.7. The van der Waals surface area contributed by atoms with Crippen molar-refractivity contribution in [1.29, 1.82) is 0 Å². The van der Waals surface area contributed by atoms with Crippen LogP contribution in [0.1, 0.15) is 9.67 Å². The maximum absolute atomic E-state index is 12.6. The molecule has 2 N–H and O–H groups in total. The molecule has 0 aliphatic heterocycles. The molecule has 0 aliphatic rings. The van der Waals surface area contributed by atoms with E-state index in [0.717, 1.165) is 27.1 Å². The van der Waals surface area contributed by atoms with E-state index in [-0.39, 0.29) is 5.91 Å². The molecule has 3 aromatic carbocycles. The number of thiophene rings is 1. The molecule has 3 nitrogen and oxygen atoms in total. The van der Waals surface area contributed by atoms with Gasteiger partial charge in [-0.15, -0.1) is 11.3 Å². The highest BCUT2D eigenvalue weighted by Gasteiger charge is 2.16. The molecule has 128 valence electrons. The highest BCUT2D eigenvalue weighted by atomic mass is 35.5. The Morgan fingerprint density at radius 2 is 1.38 bits per heavy atom. The van der Waals surface area contributed by atoms with E-state index in [1.54, 1.807) is 0 Å². The number of amides is 1. The van der Waals surface area contributed by atoms with Gasteiger partial charge in [-0.3, -0.25) is 4.79 Å². The van der Waals surface area contributed by atoms with Crippen LogP contribution < -0.4 is 10.6 Å². The fraction of sp³-hybridized carbons (Fsp3) is 0. The van der Waals surface area contributed by atoms with E-state index in [2.05, 4.69) is 10.6 Å². The minimum atomic E-state index is -0.194. The number of hydrogen-bond donors (Lipinski definition) is 2. The highest BCUT2D eigenvalue weighted by Crippen LogP contribution is 2.35. The number of anilines is 3. The van der Waals surface area contributed by atoms with Crippen molar-refractivity contribution in [3.8, 4) is 0 Å². The lowest BCUT2D eigenvalue weighted by atomic mass is 10.2. The molecule has 0 saturated heterocycles. The van der Waals surface area contributed by atoms with Crippen molar-refractivity contribution in [2.24, 2.45) is 0 Å². The third-order valence-corrected chi connectivity index (χ3v) is 5.62. The fourth-order valence-electron chi connectivity index (χ4n) is 2.67. The van der Waals surface area contributed by atoms with Gasteiger partial charge in [-0.25, -0.2) is 0 Å². The van der Waals surface area contributed by atoms with Crippen LogP contribution >= 0.6 is 22.9 Å². The first-order valence-corrected chi connectivity index (χ1v) is 9.31. The maximum Gasteiger partial charge on any atom is 0.267 e. The molecule has 0 saturated carbocycles. The van der Waals surface area contributed by atoms with E-state index in [1.165, 1.54) is 11.3 Å². The first-order valence-electron chi connectivity index (χ1n) is 8.11. The third-order valence-electron chi connectivity index (χ3n) is 3.95. The molecule has 0 bridgehead atoms. The van der Waals surface area contributed by atoms with Gasteiger partial charge in [-0.2, -0.15) is 0 Å². The standard InChI is InChI=1S/C21H15ClN2OS/c22-19-17-8-4-5-9-18(17)26-20(19)21(25)24-16-12-10-15(11-13-16)23-14-6-2-1-3-7-14/h1-13,23H,(H,24,25). The van der Waals surface area contributed by atoms with Gasteiger partial charge in [-0.05, 0) is 42.5 Å². The Morgan fingerprint density at radius 1 is 0.769 bits per heavy atom. The highest BCUT2D eigenvalue weighted by molar-refractivity contribution is 7.21. The smallest absolute Gasteiger partial charge is 0.267 e. The predicted molar refractivity (Wildman–Crippen MR) is 111 cm³/mol. The minimum absolute atomic E-state index is 0.194. The molecule has 0 fully saturated rings. The first kappa shape index (κ1) is 16.6. The summed E-state index contributed by atoms with van der Waals surface area (Å²) < 4.78 is 1.00. The van der Waals surface area contributed by atoms with E-state index in [1.807, 2.05) is 78.9 Å². The van der Waals surface area contributed by atoms with Crippen molar-refractivity contribution in [1.82, 2.24) is 0 Å². The van der Waals surface area contributed by atoms with E-state index in [4.69, 9.17) is 11.6 Å². The van der Waals surface area contributed by atoms with Crippen LogP contribution in [0.4, 0.5) is 17.1 Å². The monoisotopic (exact) mass is 378 g/mol. The van der Waals surface area contributed by atoms with Gasteiger partial charge < -0.3 is 10.6 Å². The van der Waals surface area contributed by atoms with E-state index < -0.39 is 0 Å². The predicted octanol–water partition coefficient (Wildman–Crippen LogP) is 6.55. The molecule has 0 aliphatic carbocycles. The lowest BCUT2D eigenvalue weighted by Crippen LogP contribution is -2.10. The molecule has 0 atom stereocenters. The largest absolute Gasteiger partial charge is 0.356 e. The van der Waals surface area contributed by atoms with Crippen LogP contribution in [0.3, 0.4) is 0 Å². The summed E-state index contributed by atoms with van der Waals surface area (Å²) in [6.07, 6.45) is 0. The lowest BCUT2D eigenvalue weighted by molar-refractivity contribution is 0.103. The van der Waals surface area contributed by atoms with Gasteiger partial charge in [0.15, 0.2) is 0 Å². The molecule has 1 heterocycles. The number of benzene rings is 3. The van der Waals surface area contributed by atoms with Crippen LogP contribution in [0.25, 0.3) is 10.1 Å². The van der Waals surface area contributed by atoms with Crippen LogP contribution in [0.15, 0.2) is 78.9 Å². The summed E-state index contributed by atoms with van der Waals surface area (Å²) in [6.45, 7) is 0. The van der Waals surface area contributed by atoms with Crippen LogP contribution in [-0.2, 0) is 0 Å². The summed E-state index contributed by atoms with van der Waals surface area (Å²) in [5, 5.41) is 7.64. The number of fused-ring (bicyclic) bond motifs is 1. The van der Waals surface area contributed by atoms with E-state index in [0.29, 0.717) is 9.90 Å². The van der Waals surface area contributed by atoms with Gasteiger partial charge in [0.2, 0.25) is 0 Å². The van der Waals surface area contributed by atoms with Crippen LogP contribution in [-0.4, -0.2) is 5.91 Å². The molecule has 26 heavy (non-hydrogen) atoms. The summed E-state index contributed by atoms with van der Waals surface area (Å²) in [6, 6.07) is 25.3. The molecule has 0 unspecified atom stereocenters. The van der Waals surface area contributed by atoms with Crippen molar-refractivity contribution < 1.29 is 4.79 Å². The molecule has 5 heteroatoms. The number of carbonyl (C=O) groups excluding carboxylic acids is 1. The van der Waals surface area contributed by atoms with E-state index in [9.17, 15) is 4.79 Å². The number of para-hydroxylation sites is 1. The summed E-state index contributed by atoms with van der Waals surface area (Å²) in [5.41, 5.74) is 2.69. The van der Waals surface area contributed by atoms with Gasteiger partial charge in [0, 0.05) is 27.1 Å². The quantitative estimate of drug-likeness (QED) is 0.422. The fourth-order valence-corrected chi connectivity index (χ4v) is 4.09. The number of hydrogen-bond acceptors (Lipinski definition) is 3.